The highest BCUT2D eigenvalue weighted by Gasteiger charge is 2.32. The van der Waals surface area contributed by atoms with Crippen molar-refractivity contribution in [2.75, 3.05) is 24.5 Å². The van der Waals surface area contributed by atoms with Crippen LogP contribution in [0.3, 0.4) is 0 Å². The van der Waals surface area contributed by atoms with Crippen molar-refractivity contribution < 1.29 is 0 Å². The van der Waals surface area contributed by atoms with Gasteiger partial charge < -0.3 is 4.90 Å². The van der Waals surface area contributed by atoms with Crippen LogP contribution in [-0.4, -0.2) is 50.1 Å². The van der Waals surface area contributed by atoms with Crippen molar-refractivity contribution in [2.24, 2.45) is 7.05 Å². The number of aromatic nitrogens is 4. The molecule has 0 bridgehead atoms. The zero-order valence-corrected chi connectivity index (χ0v) is 22.2. The molecule has 0 aliphatic carbocycles. The molecule has 1 aromatic carbocycles. The number of rotatable bonds is 4. The maximum atomic E-state index is 12.6. The molecule has 1 fully saturated rings. The van der Waals surface area contributed by atoms with Crippen molar-refractivity contribution in [3.63, 3.8) is 0 Å². The Kier molecular flexibility index (Phi) is 8.17. The highest BCUT2D eigenvalue weighted by molar-refractivity contribution is 6.30. The maximum absolute atomic E-state index is 12.6. The van der Waals surface area contributed by atoms with Crippen molar-refractivity contribution in [2.45, 2.75) is 32.9 Å². The Morgan fingerprint density at radius 3 is 2.46 bits per heavy atom. The lowest BCUT2D eigenvalue weighted by atomic mass is 9.99. The molecule has 2 atom stereocenters. The van der Waals surface area contributed by atoms with E-state index in [4.69, 9.17) is 11.6 Å². The smallest absolute Gasteiger partial charge is 0.349 e. The van der Waals surface area contributed by atoms with Crippen LogP contribution in [-0.2, 0) is 7.05 Å². The third kappa shape index (κ3) is 5.33. The summed E-state index contributed by atoms with van der Waals surface area (Å²) < 4.78 is 1.46. The minimum atomic E-state index is -0.346. The van der Waals surface area contributed by atoms with Gasteiger partial charge >= 0.3 is 5.69 Å². The molecule has 1 aliphatic rings. The summed E-state index contributed by atoms with van der Waals surface area (Å²) in [7, 11) is 1.67. The number of nitrogens with zero attached hydrogens (tertiary/aromatic N) is 7. The monoisotopic (exact) mass is 515 g/mol. The summed E-state index contributed by atoms with van der Waals surface area (Å²) in [5, 5.41) is 10.1. The van der Waals surface area contributed by atoms with Gasteiger partial charge in [0.2, 0.25) is 0 Å². The summed E-state index contributed by atoms with van der Waals surface area (Å²) in [6, 6.07) is 19.3. The third-order valence-corrected chi connectivity index (χ3v) is 6.75. The molecule has 1 saturated heterocycles. The topological polar surface area (TPSA) is 90.9 Å². The van der Waals surface area contributed by atoms with Gasteiger partial charge in [-0.05, 0) is 48.9 Å². The van der Waals surface area contributed by atoms with Gasteiger partial charge in [0.05, 0.1) is 17.3 Å². The van der Waals surface area contributed by atoms with Gasteiger partial charge in [-0.1, -0.05) is 43.6 Å². The van der Waals surface area contributed by atoms with E-state index >= 15 is 0 Å². The number of nitriles is 1. The van der Waals surface area contributed by atoms with E-state index in [1.165, 1.54) is 4.57 Å². The molecule has 2 unspecified atom stereocenters. The molecule has 1 aliphatic heterocycles. The molecule has 0 radical (unpaired) electrons. The first-order valence-corrected chi connectivity index (χ1v) is 12.8. The van der Waals surface area contributed by atoms with Crippen molar-refractivity contribution >= 4 is 28.5 Å². The summed E-state index contributed by atoms with van der Waals surface area (Å²) >= 11 is 6.16. The highest BCUT2D eigenvalue weighted by atomic mass is 35.5. The number of anilines is 1. The van der Waals surface area contributed by atoms with Gasteiger partial charge in [-0.3, -0.25) is 14.5 Å². The Hall–Kier alpha value is -3.80. The molecule has 3 aromatic heterocycles. The van der Waals surface area contributed by atoms with Gasteiger partial charge in [0, 0.05) is 43.9 Å². The van der Waals surface area contributed by atoms with Gasteiger partial charge in [0.25, 0.3) is 0 Å². The first-order valence-electron chi connectivity index (χ1n) is 12.4. The van der Waals surface area contributed by atoms with Crippen LogP contribution in [0, 0.1) is 11.3 Å². The Balaban J connectivity index is 0.00000156. The van der Waals surface area contributed by atoms with Crippen LogP contribution in [0.2, 0.25) is 5.02 Å². The first-order chi connectivity index (χ1) is 18.0. The first kappa shape index (κ1) is 26.3. The SMILES string of the molecule is CC.CC1CN(C(c2ccc(Cl)cc2)c2ccccn2)CCN1c1nc(=O)n(C)c2ccc(C#N)nc12. The van der Waals surface area contributed by atoms with Crippen LogP contribution in [0.25, 0.3) is 11.0 Å². The summed E-state index contributed by atoms with van der Waals surface area (Å²) in [6.07, 6.45) is 1.81. The average molecular weight is 516 g/mol. The zero-order chi connectivity index (χ0) is 26.5. The van der Waals surface area contributed by atoms with Crippen LogP contribution in [0.4, 0.5) is 5.82 Å². The summed E-state index contributed by atoms with van der Waals surface area (Å²) in [5.41, 5.74) is 3.25. The maximum Gasteiger partial charge on any atom is 0.349 e. The van der Waals surface area contributed by atoms with E-state index in [0.717, 1.165) is 24.3 Å². The molecule has 37 heavy (non-hydrogen) atoms. The van der Waals surface area contributed by atoms with E-state index in [0.29, 0.717) is 34.1 Å². The predicted molar refractivity (Wildman–Crippen MR) is 147 cm³/mol. The predicted octanol–water partition coefficient (Wildman–Crippen LogP) is 4.57. The number of halogens is 1. The minimum absolute atomic E-state index is 0.0327. The van der Waals surface area contributed by atoms with Gasteiger partial charge in [-0.25, -0.2) is 9.78 Å². The molecular weight excluding hydrogens is 486 g/mol. The summed E-state index contributed by atoms with van der Waals surface area (Å²) in [6.45, 7) is 8.21. The van der Waals surface area contributed by atoms with Crippen molar-refractivity contribution in [1.29, 1.82) is 5.26 Å². The average Bonchev–Trinajstić information content (AvgIpc) is 2.94. The second-order valence-corrected chi connectivity index (χ2v) is 9.14. The molecule has 190 valence electrons. The molecule has 0 N–H and O–H groups in total. The second kappa shape index (κ2) is 11.5. The fourth-order valence-corrected chi connectivity index (χ4v) is 4.88. The standard InChI is InChI=1S/C26H24ClN7O.C2H6/c1-17-16-33(24(21-5-3-4-12-29-21)18-6-8-19(27)9-7-18)13-14-34(17)25-23-22(32(2)26(35)31-25)11-10-20(15-28)30-23;1-2/h3-12,17,24H,13-14,16H2,1-2H3;1-2H3. The molecule has 5 rings (SSSR count). The number of piperazine rings is 1. The fraction of sp³-hybridized carbons (Fsp3) is 0.321. The van der Waals surface area contributed by atoms with Gasteiger partial charge in [-0.15, -0.1) is 0 Å². The molecule has 0 saturated carbocycles. The number of pyridine rings is 2. The molecule has 4 aromatic rings. The van der Waals surface area contributed by atoms with Crippen molar-refractivity contribution in [3.05, 3.63) is 93.3 Å². The molecule has 4 heterocycles. The van der Waals surface area contributed by atoms with Crippen LogP contribution in [0.5, 0.6) is 0 Å². The van der Waals surface area contributed by atoms with E-state index in [-0.39, 0.29) is 17.8 Å². The minimum Gasteiger partial charge on any atom is -0.349 e. The van der Waals surface area contributed by atoms with E-state index in [1.807, 2.05) is 62.5 Å². The van der Waals surface area contributed by atoms with Gasteiger partial charge in [-0.2, -0.15) is 10.2 Å². The summed E-state index contributed by atoms with van der Waals surface area (Å²) in [5.74, 6) is 0.522. The van der Waals surface area contributed by atoms with Gasteiger partial charge in [0.15, 0.2) is 5.82 Å². The van der Waals surface area contributed by atoms with Crippen LogP contribution in [0.15, 0.2) is 65.6 Å². The Labute approximate surface area is 221 Å². The quantitative estimate of drug-likeness (QED) is 0.393. The number of hydrogen-bond donors (Lipinski definition) is 0. The number of benzene rings is 1. The van der Waals surface area contributed by atoms with E-state index in [1.54, 1.807) is 19.2 Å². The lowest BCUT2D eigenvalue weighted by Crippen LogP contribution is -2.53. The number of aryl methyl sites for hydroxylation is 1. The largest absolute Gasteiger partial charge is 0.349 e. The summed E-state index contributed by atoms with van der Waals surface area (Å²) in [4.78, 5) is 30.7. The Bertz CT molecular complexity index is 1460. The molecule has 9 heteroatoms. The lowest BCUT2D eigenvalue weighted by Gasteiger charge is -2.43. The molecule has 0 amide bonds. The van der Waals surface area contributed by atoms with Crippen LogP contribution < -0.4 is 10.6 Å². The van der Waals surface area contributed by atoms with E-state index < -0.39 is 0 Å². The van der Waals surface area contributed by atoms with Crippen LogP contribution in [0.1, 0.15) is 43.8 Å². The Morgan fingerprint density at radius 2 is 1.81 bits per heavy atom. The molecular formula is C28H30ClN7O. The Morgan fingerprint density at radius 1 is 1.05 bits per heavy atom. The van der Waals surface area contributed by atoms with Crippen molar-refractivity contribution in [3.8, 4) is 6.07 Å². The molecule has 0 spiro atoms. The van der Waals surface area contributed by atoms with E-state index in [9.17, 15) is 10.1 Å². The zero-order valence-electron chi connectivity index (χ0n) is 21.5. The van der Waals surface area contributed by atoms with Crippen LogP contribution >= 0.6 is 11.6 Å². The fourth-order valence-electron chi connectivity index (χ4n) is 4.76. The highest BCUT2D eigenvalue weighted by Crippen LogP contribution is 2.32. The molecule has 8 nitrogen and oxygen atoms in total. The number of fused-ring (bicyclic) bond motifs is 1. The third-order valence-electron chi connectivity index (χ3n) is 6.50. The van der Waals surface area contributed by atoms with Crippen molar-refractivity contribution in [1.82, 2.24) is 24.4 Å². The second-order valence-electron chi connectivity index (χ2n) is 8.70. The van der Waals surface area contributed by atoms with E-state index in [2.05, 4.69) is 37.7 Å². The lowest BCUT2D eigenvalue weighted by molar-refractivity contribution is 0.185. The van der Waals surface area contributed by atoms with Gasteiger partial charge in [0.1, 0.15) is 17.3 Å². The normalized spacial score (nSPS) is 16.5. The number of hydrogen-bond acceptors (Lipinski definition) is 7.